The van der Waals surface area contributed by atoms with Gasteiger partial charge in [0.25, 0.3) is 5.91 Å². The number of carbonyl (C=O) groups is 1. The molecule has 6 nitrogen and oxygen atoms in total. The van der Waals surface area contributed by atoms with Gasteiger partial charge in [0.15, 0.2) is 5.82 Å². The van der Waals surface area contributed by atoms with Crippen LogP contribution in [0.15, 0.2) is 48.5 Å². The molecule has 7 heteroatoms. The van der Waals surface area contributed by atoms with Crippen LogP contribution in [0.25, 0.3) is 11.4 Å². The topological polar surface area (TPSA) is 72.7 Å². The average molecular weight is 339 g/mol. The predicted molar refractivity (Wildman–Crippen MR) is 91.4 cm³/mol. The monoisotopic (exact) mass is 339 g/mol. The molecule has 128 valence electrons. The fourth-order valence-corrected chi connectivity index (χ4v) is 2.54. The lowest BCUT2D eigenvalue weighted by Crippen LogP contribution is -2.25. The number of aryl methyl sites for hydroxylation is 1. The molecule has 0 saturated heterocycles. The fourth-order valence-electron chi connectivity index (χ4n) is 2.54. The maximum absolute atomic E-state index is 13.2. The lowest BCUT2D eigenvalue weighted by molar-refractivity contribution is 0.0954. The first-order valence-corrected chi connectivity index (χ1v) is 8.06. The minimum atomic E-state index is -0.273. The molecule has 0 aliphatic carbocycles. The molecular weight excluding hydrogens is 321 g/mol. The first-order valence-electron chi connectivity index (χ1n) is 8.06. The van der Waals surface area contributed by atoms with E-state index in [0.29, 0.717) is 30.9 Å². The Morgan fingerprint density at radius 2 is 2.04 bits per heavy atom. The average Bonchev–Trinajstić information content (AvgIpc) is 3.10. The number of benzene rings is 2. The summed E-state index contributed by atoms with van der Waals surface area (Å²) in [7, 11) is 0. The van der Waals surface area contributed by atoms with Crippen LogP contribution < -0.4 is 5.32 Å². The molecule has 1 amide bonds. The van der Waals surface area contributed by atoms with Gasteiger partial charge in [0.05, 0.1) is 0 Å². The molecule has 0 radical (unpaired) electrons. The molecule has 25 heavy (non-hydrogen) atoms. The molecule has 0 fully saturated rings. The molecule has 1 N–H and O–H groups in total. The summed E-state index contributed by atoms with van der Waals surface area (Å²) in [6, 6.07) is 13.5. The maximum atomic E-state index is 13.2. The smallest absolute Gasteiger partial charge is 0.251 e. The Morgan fingerprint density at radius 1 is 1.20 bits per heavy atom. The summed E-state index contributed by atoms with van der Waals surface area (Å²) in [4.78, 5) is 12.3. The van der Waals surface area contributed by atoms with Gasteiger partial charge < -0.3 is 5.32 Å². The van der Waals surface area contributed by atoms with E-state index < -0.39 is 0 Å². The minimum absolute atomic E-state index is 0.186. The van der Waals surface area contributed by atoms with Crippen LogP contribution in [0.5, 0.6) is 0 Å². The van der Waals surface area contributed by atoms with Crippen LogP contribution in [0.4, 0.5) is 4.39 Å². The van der Waals surface area contributed by atoms with Crippen LogP contribution in [0.2, 0.25) is 0 Å². The van der Waals surface area contributed by atoms with Crippen LogP contribution in [-0.2, 0) is 13.0 Å². The van der Waals surface area contributed by atoms with Crippen LogP contribution in [0.1, 0.15) is 22.8 Å². The second-order valence-corrected chi connectivity index (χ2v) is 5.53. The van der Waals surface area contributed by atoms with Crippen molar-refractivity contribution in [2.45, 2.75) is 19.9 Å². The summed E-state index contributed by atoms with van der Waals surface area (Å²) in [5, 5.41) is 14.4. The zero-order valence-electron chi connectivity index (χ0n) is 13.8. The van der Waals surface area contributed by atoms with Crippen molar-refractivity contribution >= 4 is 5.91 Å². The number of hydrogen-bond acceptors (Lipinski definition) is 4. The Kier molecular flexibility index (Phi) is 5.13. The number of nitrogens with zero attached hydrogens (tertiary/aromatic N) is 4. The van der Waals surface area contributed by atoms with Gasteiger partial charge in [0.2, 0.25) is 0 Å². The van der Waals surface area contributed by atoms with Crippen molar-refractivity contribution in [3.8, 4) is 11.4 Å². The number of hydrogen-bond donors (Lipinski definition) is 1. The number of tetrazole rings is 1. The van der Waals surface area contributed by atoms with Crippen LogP contribution >= 0.6 is 0 Å². The Morgan fingerprint density at radius 3 is 2.84 bits per heavy atom. The van der Waals surface area contributed by atoms with Crippen LogP contribution in [0.3, 0.4) is 0 Å². The third-order valence-electron chi connectivity index (χ3n) is 3.80. The number of aromatic nitrogens is 4. The van der Waals surface area contributed by atoms with Gasteiger partial charge in [0.1, 0.15) is 5.82 Å². The third-order valence-corrected chi connectivity index (χ3v) is 3.80. The fraction of sp³-hybridized carbons (Fsp3) is 0.222. The Hall–Kier alpha value is -3.09. The van der Waals surface area contributed by atoms with E-state index in [2.05, 4.69) is 20.8 Å². The van der Waals surface area contributed by atoms with Crippen molar-refractivity contribution in [1.29, 1.82) is 0 Å². The Balaban J connectivity index is 1.65. The van der Waals surface area contributed by atoms with Gasteiger partial charge in [-0.05, 0) is 53.6 Å². The summed E-state index contributed by atoms with van der Waals surface area (Å²) in [5.74, 6) is 0.163. The quantitative estimate of drug-likeness (QED) is 0.749. The highest BCUT2D eigenvalue weighted by molar-refractivity contribution is 5.95. The van der Waals surface area contributed by atoms with Gasteiger partial charge in [-0.15, -0.1) is 5.10 Å². The molecule has 0 saturated carbocycles. The molecule has 1 aromatic heterocycles. The molecule has 0 bridgehead atoms. The lowest BCUT2D eigenvalue weighted by atomic mass is 10.1. The SMILES string of the molecule is CCn1nnnc1-c1cccc(C(=O)NCCc2cccc(F)c2)c1. The van der Waals surface area contributed by atoms with Crippen LogP contribution in [-0.4, -0.2) is 32.7 Å². The van der Waals surface area contributed by atoms with E-state index in [1.54, 1.807) is 28.9 Å². The van der Waals surface area contributed by atoms with Gasteiger partial charge in [-0.3, -0.25) is 4.79 Å². The first kappa shape index (κ1) is 16.8. The molecule has 0 unspecified atom stereocenters. The Labute approximate surface area is 144 Å². The molecule has 0 atom stereocenters. The van der Waals surface area contributed by atoms with Crippen molar-refractivity contribution in [1.82, 2.24) is 25.5 Å². The number of carbonyl (C=O) groups excluding carboxylic acids is 1. The largest absolute Gasteiger partial charge is 0.352 e. The van der Waals surface area contributed by atoms with E-state index in [-0.39, 0.29) is 11.7 Å². The first-order chi connectivity index (χ1) is 12.2. The van der Waals surface area contributed by atoms with Gasteiger partial charge in [-0.25, -0.2) is 9.07 Å². The zero-order valence-corrected chi connectivity index (χ0v) is 13.8. The molecular formula is C18H18FN5O. The van der Waals surface area contributed by atoms with Crippen molar-refractivity contribution < 1.29 is 9.18 Å². The molecule has 3 rings (SSSR count). The van der Waals surface area contributed by atoms with E-state index in [9.17, 15) is 9.18 Å². The van der Waals surface area contributed by atoms with Crippen LogP contribution in [0, 0.1) is 5.82 Å². The maximum Gasteiger partial charge on any atom is 0.251 e. The predicted octanol–water partition coefficient (Wildman–Crippen LogP) is 2.47. The van der Waals surface area contributed by atoms with Crippen molar-refractivity contribution in [3.63, 3.8) is 0 Å². The molecule has 1 heterocycles. The summed E-state index contributed by atoms with van der Waals surface area (Å²) in [5.41, 5.74) is 2.16. The zero-order chi connectivity index (χ0) is 17.6. The molecule has 0 aliphatic heterocycles. The summed E-state index contributed by atoms with van der Waals surface area (Å²) in [6.07, 6.45) is 0.567. The highest BCUT2D eigenvalue weighted by atomic mass is 19.1. The van der Waals surface area contributed by atoms with Gasteiger partial charge in [-0.2, -0.15) is 0 Å². The summed E-state index contributed by atoms with van der Waals surface area (Å²) >= 11 is 0. The highest BCUT2D eigenvalue weighted by Crippen LogP contribution is 2.17. The molecule has 2 aromatic carbocycles. The number of amides is 1. The number of nitrogens with one attached hydrogen (secondary N) is 1. The van der Waals surface area contributed by atoms with E-state index in [1.165, 1.54) is 12.1 Å². The van der Waals surface area contributed by atoms with E-state index in [0.717, 1.165) is 11.1 Å². The van der Waals surface area contributed by atoms with Crippen molar-refractivity contribution in [3.05, 3.63) is 65.5 Å². The molecule has 0 spiro atoms. The molecule has 0 aliphatic rings. The summed E-state index contributed by atoms with van der Waals surface area (Å²) in [6.45, 7) is 3.02. The Bertz CT molecular complexity index is 877. The summed E-state index contributed by atoms with van der Waals surface area (Å²) < 4.78 is 14.8. The highest BCUT2D eigenvalue weighted by Gasteiger charge is 2.11. The number of halogens is 1. The molecule has 3 aromatic rings. The van der Waals surface area contributed by atoms with Gasteiger partial charge in [-0.1, -0.05) is 24.3 Å². The van der Waals surface area contributed by atoms with Crippen molar-refractivity contribution in [2.24, 2.45) is 0 Å². The lowest BCUT2D eigenvalue weighted by Gasteiger charge is -2.07. The second kappa shape index (κ2) is 7.65. The minimum Gasteiger partial charge on any atom is -0.352 e. The normalized spacial score (nSPS) is 10.6. The standard InChI is InChI=1S/C18H18FN5O/c1-2-24-17(21-22-23-24)14-6-4-7-15(12-14)18(25)20-10-9-13-5-3-8-16(19)11-13/h3-8,11-12H,2,9-10H2,1H3,(H,20,25). The third kappa shape index (κ3) is 4.06. The van der Waals surface area contributed by atoms with E-state index in [1.807, 2.05) is 19.1 Å². The van der Waals surface area contributed by atoms with Gasteiger partial charge in [0, 0.05) is 24.2 Å². The van der Waals surface area contributed by atoms with Crippen molar-refractivity contribution in [2.75, 3.05) is 6.54 Å². The van der Waals surface area contributed by atoms with E-state index >= 15 is 0 Å². The van der Waals surface area contributed by atoms with Gasteiger partial charge >= 0.3 is 0 Å². The van der Waals surface area contributed by atoms with E-state index in [4.69, 9.17) is 0 Å². The number of rotatable bonds is 6. The second-order valence-electron chi connectivity index (χ2n) is 5.53.